The maximum Gasteiger partial charge on any atom is 0.198 e. The van der Waals surface area contributed by atoms with Crippen LogP contribution in [-0.2, 0) is 4.43 Å². The molecule has 160 valence electrons. The highest BCUT2D eigenvalue weighted by atomic mass is 28.4. The van der Waals surface area contributed by atoms with Crippen LogP contribution in [0.25, 0.3) is 0 Å². The Morgan fingerprint density at radius 1 is 1.03 bits per heavy atom. The summed E-state index contributed by atoms with van der Waals surface area (Å²) in [6.07, 6.45) is 0.694. The third-order valence-corrected chi connectivity index (χ3v) is 10.4. The second-order valence-electron chi connectivity index (χ2n) is 9.10. The van der Waals surface area contributed by atoms with Crippen molar-refractivity contribution in [3.05, 3.63) is 59.7 Å². The topological polar surface area (TPSA) is 44.5 Å². The van der Waals surface area contributed by atoms with Gasteiger partial charge in [0.2, 0.25) is 0 Å². The van der Waals surface area contributed by atoms with Gasteiger partial charge in [-0.2, -0.15) is 0 Å². The first-order valence-corrected chi connectivity index (χ1v) is 12.9. The molecule has 0 fully saturated rings. The zero-order chi connectivity index (χ0) is 21.8. The maximum atomic E-state index is 15.0. The summed E-state index contributed by atoms with van der Waals surface area (Å²) in [7, 11) is -1.84. The highest BCUT2D eigenvalue weighted by Crippen LogP contribution is 2.37. The van der Waals surface area contributed by atoms with Crippen LogP contribution in [0.4, 0.5) is 8.78 Å². The van der Waals surface area contributed by atoms with Gasteiger partial charge in [-0.3, -0.25) is 0 Å². The number of ether oxygens (including phenoxy) is 1. The van der Waals surface area contributed by atoms with E-state index in [-0.39, 0.29) is 16.5 Å². The number of hydrogen-bond donors (Lipinski definition) is 1. The fraction of sp³-hybridized carbons (Fsp3) is 0.478. The van der Waals surface area contributed by atoms with E-state index in [1.807, 2.05) is 6.92 Å². The molecule has 2 N–H and O–H groups in total. The Balaban J connectivity index is 2.10. The molecule has 0 heterocycles. The molecule has 0 saturated heterocycles. The van der Waals surface area contributed by atoms with Gasteiger partial charge in [-0.25, -0.2) is 8.78 Å². The van der Waals surface area contributed by atoms with E-state index >= 15 is 4.39 Å². The minimum Gasteiger partial charge on any atom is -0.451 e. The Morgan fingerprint density at radius 2 is 1.66 bits per heavy atom. The second kappa shape index (κ2) is 9.37. The van der Waals surface area contributed by atoms with Crippen LogP contribution < -0.4 is 10.5 Å². The predicted molar refractivity (Wildman–Crippen MR) is 117 cm³/mol. The van der Waals surface area contributed by atoms with Crippen molar-refractivity contribution in [3.8, 4) is 11.5 Å². The molecule has 2 atom stereocenters. The molecule has 2 aromatic rings. The summed E-state index contributed by atoms with van der Waals surface area (Å²) in [6, 6.07) is 10.6. The summed E-state index contributed by atoms with van der Waals surface area (Å²) in [5, 5.41) is 0.130. The minimum atomic E-state index is -1.84. The number of hydrogen-bond acceptors (Lipinski definition) is 3. The molecular weight excluding hydrogens is 388 g/mol. The number of halogens is 2. The van der Waals surface area contributed by atoms with Gasteiger partial charge in [0.25, 0.3) is 0 Å². The van der Waals surface area contributed by atoms with E-state index in [1.54, 1.807) is 30.3 Å². The van der Waals surface area contributed by atoms with Crippen LogP contribution in [0.1, 0.15) is 45.7 Å². The molecule has 1 unspecified atom stereocenters. The van der Waals surface area contributed by atoms with E-state index in [1.165, 1.54) is 12.1 Å². The summed E-state index contributed by atoms with van der Waals surface area (Å²) in [5.41, 5.74) is 6.57. The first kappa shape index (κ1) is 23.5. The summed E-state index contributed by atoms with van der Waals surface area (Å²) >= 11 is 0. The molecule has 0 aliphatic rings. The molecule has 0 aromatic heterocycles. The van der Waals surface area contributed by atoms with Crippen LogP contribution >= 0.6 is 0 Å². The third kappa shape index (κ3) is 5.87. The normalized spacial score (nSPS) is 14.5. The average Bonchev–Trinajstić information content (AvgIpc) is 2.64. The van der Waals surface area contributed by atoms with Gasteiger partial charge in [0, 0.05) is 18.2 Å². The van der Waals surface area contributed by atoms with Gasteiger partial charge >= 0.3 is 0 Å². The van der Waals surface area contributed by atoms with Crippen molar-refractivity contribution in [3.63, 3.8) is 0 Å². The van der Waals surface area contributed by atoms with Crippen LogP contribution in [0.5, 0.6) is 11.5 Å². The van der Waals surface area contributed by atoms with Gasteiger partial charge in [0.1, 0.15) is 5.75 Å². The van der Waals surface area contributed by atoms with Gasteiger partial charge in [-0.05, 0) is 48.7 Å². The highest BCUT2D eigenvalue weighted by molar-refractivity contribution is 6.74. The lowest BCUT2D eigenvalue weighted by atomic mass is 9.92. The third-order valence-electron chi connectivity index (χ3n) is 5.86. The van der Waals surface area contributed by atoms with Crippen LogP contribution in [0, 0.1) is 17.6 Å². The van der Waals surface area contributed by atoms with Gasteiger partial charge in [0.05, 0.1) is 0 Å². The highest BCUT2D eigenvalue weighted by Gasteiger charge is 2.37. The molecule has 0 radical (unpaired) electrons. The minimum absolute atomic E-state index is 0.0377. The Morgan fingerprint density at radius 3 is 2.24 bits per heavy atom. The van der Waals surface area contributed by atoms with Crippen LogP contribution in [0.15, 0.2) is 42.5 Å². The Kier molecular flexibility index (Phi) is 7.60. The van der Waals surface area contributed by atoms with Crippen molar-refractivity contribution in [2.45, 2.75) is 58.3 Å². The smallest absolute Gasteiger partial charge is 0.198 e. The summed E-state index contributed by atoms with van der Waals surface area (Å²) in [4.78, 5) is 0. The van der Waals surface area contributed by atoms with Gasteiger partial charge in [-0.15, -0.1) is 0 Å². The Hall–Kier alpha value is -1.76. The lowest BCUT2D eigenvalue weighted by molar-refractivity contribution is 0.248. The van der Waals surface area contributed by atoms with Gasteiger partial charge in [0.15, 0.2) is 25.7 Å². The number of para-hydroxylation sites is 1. The quantitative estimate of drug-likeness (QED) is 0.476. The first-order valence-electron chi connectivity index (χ1n) is 10.0. The van der Waals surface area contributed by atoms with Crippen molar-refractivity contribution in [2.75, 3.05) is 6.61 Å². The van der Waals surface area contributed by atoms with E-state index in [2.05, 4.69) is 33.9 Å². The second-order valence-corrected chi connectivity index (χ2v) is 13.9. The van der Waals surface area contributed by atoms with Gasteiger partial charge in [-0.1, -0.05) is 52.0 Å². The summed E-state index contributed by atoms with van der Waals surface area (Å²) < 4.78 is 40.9. The van der Waals surface area contributed by atoms with Crippen molar-refractivity contribution in [2.24, 2.45) is 11.7 Å². The Labute approximate surface area is 174 Å². The van der Waals surface area contributed by atoms with Crippen molar-refractivity contribution in [1.82, 2.24) is 0 Å². The van der Waals surface area contributed by atoms with E-state index in [9.17, 15) is 4.39 Å². The zero-order valence-electron chi connectivity index (χ0n) is 18.3. The summed E-state index contributed by atoms with van der Waals surface area (Å²) in [6.45, 7) is 13.5. The summed E-state index contributed by atoms with van der Waals surface area (Å²) in [5.74, 6) is -1.60. The lowest BCUT2D eigenvalue weighted by Crippen LogP contribution is -2.41. The number of benzene rings is 2. The van der Waals surface area contributed by atoms with Crippen molar-refractivity contribution in [1.29, 1.82) is 0 Å². The molecule has 2 rings (SSSR count). The fourth-order valence-corrected chi connectivity index (χ4v) is 3.77. The van der Waals surface area contributed by atoms with E-state index < -0.39 is 31.7 Å². The van der Waals surface area contributed by atoms with E-state index in [0.717, 1.165) is 0 Å². The fourth-order valence-electron chi connectivity index (χ4n) is 2.71. The number of rotatable bonds is 8. The van der Waals surface area contributed by atoms with E-state index in [4.69, 9.17) is 14.9 Å². The molecule has 0 spiro atoms. The molecular formula is C23H33F2NO2Si. The van der Waals surface area contributed by atoms with Crippen molar-refractivity contribution < 1.29 is 17.9 Å². The molecule has 0 amide bonds. The van der Waals surface area contributed by atoms with Crippen LogP contribution in [0.3, 0.4) is 0 Å². The van der Waals surface area contributed by atoms with Crippen LogP contribution in [-0.4, -0.2) is 14.9 Å². The molecule has 6 heteroatoms. The zero-order valence-corrected chi connectivity index (χ0v) is 19.3. The first-order chi connectivity index (χ1) is 13.4. The SMILES string of the molecule is CC(CCO[Si](C)(C)C(C)(C)C)[C@H](N)c1ccc(F)c(Oc2ccccc2)c1F. The predicted octanol–water partition coefficient (Wildman–Crippen LogP) is 6.80. The Bertz CT molecular complexity index is 807. The maximum absolute atomic E-state index is 15.0. The van der Waals surface area contributed by atoms with Crippen molar-refractivity contribution >= 4 is 8.32 Å². The lowest BCUT2D eigenvalue weighted by Gasteiger charge is -2.36. The molecule has 3 nitrogen and oxygen atoms in total. The molecule has 0 aliphatic carbocycles. The van der Waals surface area contributed by atoms with Gasteiger partial charge < -0.3 is 14.9 Å². The molecule has 0 bridgehead atoms. The van der Waals surface area contributed by atoms with E-state index in [0.29, 0.717) is 18.8 Å². The molecule has 29 heavy (non-hydrogen) atoms. The molecule has 0 saturated carbocycles. The van der Waals surface area contributed by atoms with Crippen LogP contribution in [0.2, 0.25) is 18.1 Å². The standard InChI is InChI=1S/C23H33F2NO2Si/c1-16(14-15-27-29(5,6)23(2,3)4)21(26)18-12-13-19(24)22(20(18)25)28-17-10-8-7-9-11-17/h7-13,16,21H,14-15,26H2,1-6H3/t16?,21-/m0/s1. The largest absolute Gasteiger partial charge is 0.451 e. The molecule has 0 aliphatic heterocycles. The number of nitrogens with two attached hydrogens (primary N) is 1. The average molecular weight is 422 g/mol. The monoisotopic (exact) mass is 421 g/mol. The molecule has 2 aromatic carbocycles.